The predicted octanol–water partition coefficient (Wildman–Crippen LogP) is 3.43. The second-order valence-corrected chi connectivity index (χ2v) is 7.37. The van der Waals surface area contributed by atoms with Crippen molar-refractivity contribution < 1.29 is 13.9 Å². The molecule has 0 unspecified atom stereocenters. The van der Waals surface area contributed by atoms with Gasteiger partial charge in [0.1, 0.15) is 11.6 Å². The van der Waals surface area contributed by atoms with Gasteiger partial charge in [0.05, 0.1) is 25.0 Å². The third kappa shape index (κ3) is 6.15. The number of aromatic nitrogens is 1. The minimum Gasteiger partial charge on any atom is -0.494 e. The summed E-state index contributed by atoms with van der Waals surface area (Å²) in [5.74, 6) is 0.442. The summed E-state index contributed by atoms with van der Waals surface area (Å²) >= 11 is 0. The molecular weight excluding hydrogens is 371 g/mol. The van der Waals surface area contributed by atoms with Gasteiger partial charge in [-0.2, -0.15) is 0 Å². The number of nitrogens with zero attached hydrogens (tertiary/aromatic N) is 3. The average Bonchev–Trinajstić information content (AvgIpc) is 2.74. The van der Waals surface area contributed by atoms with Crippen LogP contribution in [0.3, 0.4) is 0 Å². The van der Waals surface area contributed by atoms with Crippen LogP contribution < -0.4 is 10.1 Å². The lowest BCUT2D eigenvalue weighted by Gasteiger charge is -2.37. The van der Waals surface area contributed by atoms with Gasteiger partial charge in [-0.25, -0.2) is 9.18 Å². The van der Waals surface area contributed by atoms with E-state index >= 15 is 0 Å². The number of likely N-dealkylation sites (tertiary alicyclic amines) is 1. The van der Waals surface area contributed by atoms with Crippen LogP contribution in [0.2, 0.25) is 0 Å². The monoisotopic (exact) mass is 400 g/mol. The maximum absolute atomic E-state index is 13.2. The molecule has 0 atom stereocenters. The van der Waals surface area contributed by atoms with E-state index in [1.54, 1.807) is 6.07 Å². The number of carbonyl (C=O) groups is 1. The summed E-state index contributed by atoms with van der Waals surface area (Å²) in [6, 6.07) is 10.7. The van der Waals surface area contributed by atoms with Gasteiger partial charge in [-0.05, 0) is 69.7 Å². The van der Waals surface area contributed by atoms with Crippen LogP contribution in [-0.4, -0.2) is 53.6 Å². The molecule has 3 rings (SSSR count). The molecule has 0 bridgehead atoms. The van der Waals surface area contributed by atoms with Crippen molar-refractivity contribution in [3.05, 3.63) is 59.7 Å². The minimum absolute atomic E-state index is 0.125. The predicted molar refractivity (Wildman–Crippen MR) is 110 cm³/mol. The molecule has 1 saturated heterocycles. The molecule has 0 saturated carbocycles. The molecule has 29 heavy (non-hydrogen) atoms. The first kappa shape index (κ1) is 21.0. The molecule has 1 fully saturated rings. The maximum atomic E-state index is 13.2. The lowest BCUT2D eigenvalue weighted by molar-refractivity contribution is 0.126. The molecule has 1 N–H and O–H groups in total. The highest BCUT2D eigenvalue weighted by Gasteiger charge is 2.27. The molecule has 2 heterocycles. The van der Waals surface area contributed by atoms with Crippen LogP contribution in [0.25, 0.3) is 0 Å². The molecule has 0 radical (unpaired) electrons. The van der Waals surface area contributed by atoms with E-state index in [0.29, 0.717) is 25.4 Å². The Morgan fingerprint density at radius 3 is 2.59 bits per heavy atom. The third-order valence-electron chi connectivity index (χ3n) is 5.19. The number of pyridine rings is 1. The van der Waals surface area contributed by atoms with Crippen LogP contribution in [-0.2, 0) is 13.1 Å². The number of rotatable bonds is 7. The minimum atomic E-state index is -0.375. The normalized spacial score (nSPS) is 15.1. The summed E-state index contributed by atoms with van der Waals surface area (Å²) in [6.07, 6.45) is 3.02. The number of nitrogens with one attached hydrogen (secondary N) is 1. The molecule has 0 aliphatic carbocycles. The van der Waals surface area contributed by atoms with E-state index in [1.165, 1.54) is 12.3 Å². The second-order valence-electron chi connectivity index (χ2n) is 7.37. The quantitative estimate of drug-likeness (QED) is 0.774. The van der Waals surface area contributed by atoms with Gasteiger partial charge >= 0.3 is 6.03 Å². The van der Waals surface area contributed by atoms with Gasteiger partial charge in [0.2, 0.25) is 0 Å². The van der Waals surface area contributed by atoms with Crippen LogP contribution in [0.5, 0.6) is 5.75 Å². The fourth-order valence-electron chi connectivity index (χ4n) is 3.50. The van der Waals surface area contributed by atoms with E-state index in [1.807, 2.05) is 36.1 Å². The Labute approximate surface area is 171 Å². The van der Waals surface area contributed by atoms with Gasteiger partial charge in [-0.15, -0.1) is 0 Å². The van der Waals surface area contributed by atoms with E-state index in [-0.39, 0.29) is 17.9 Å². The Bertz CT molecular complexity index is 774. The van der Waals surface area contributed by atoms with Crippen molar-refractivity contribution in [2.24, 2.45) is 0 Å². The summed E-state index contributed by atoms with van der Waals surface area (Å²) in [7, 11) is 2.09. The Hall–Kier alpha value is -2.67. The first-order chi connectivity index (χ1) is 14.0. The second kappa shape index (κ2) is 10.2. The summed E-state index contributed by atoms with van der Waals surface area (Å²) in [6.45, 7) is 5.27. The zero-order chi connectivity index (χ0) is 20.6. The Balaban J connectivity index is 1.65. The van der Waals surface area contributed by atoms with Crippen molar-refractivity contribution in [2.45, 2.75) is 38.9 Å². The van der Waals surface area contributed by atoms with Crippen LogP contribution in [0.15, 0.2) is 42.6 Å². The highest BCUT2D eigenvalue weighted by atomic mass is 19.1. The van der Waals surface area contributed by atoms with E-state index < -0.39 is 0 Å². The SMILES string of the molecule is CCOc1ccc(CNC(=O)N(Cc2ccc(F)cn2)C2CCN(C)CC2)cc1. The van der Waals surface area contributed by atoms with Crippen molar-refractivity contribution in [3.8, 4) is 5.75 Å². The van der Waals surface area contributed by atoms with Crippen LogP contribution in [0.1, 0.15) is 31.0 Å². The fraction of sp³-hybridized carbons (Fsp3) is 0.455. The summed E-state index contributed by atoms with van der Waals surface area (Å²) in [5, 5.41) is 3.02. The molecule has 1 aromatic heterocycles. The van der Waals surface area contributed by atoms with Gasteiger partial charge in [0.15, 0.2) is 0 Å². The number of benzene rings is 1. The summed E-state index contributed by atoms with van der Waals surface area (Å²) in [4.78, 5) is 21.2. The van der Waals surface area contributed by atoms with Crippen LogP contribution in [0.4, 0.5) is 9.18 Å². The summed E-state index contributed by atoms with van der Waals surface area (Å²) in [5.41, 5.74) is 1.69. The number of urea groups is 1. The molecule has 6 nitrogen and oxygen atoms in total. The maximum Gasteiger partial charge on any atom is 0.318 e. The molecule has 1 aromatic carbocycles. The number of piperidine rings is 1. The van der Waals surface area contributed by atoms with Crippen LogP contribution in [0, 0.1) is 5.82 Å². The third-order valence-corrected chi connectivity index (χ3v) is 5.19. The van der Waals surface area contributed by atoms with Crippen molar-refractivity contribution in [2.75, 3.05) is 26.7 Å². The van der Waals surface area contributed by atoms with Gasteiger partial charge in [0.25, 0.3) is 0 Å². The fourth-order valence-corrected chi connectivity index (χ4v) is 3.50. The first-order valence-electron chi connectivity index (χ1n) is 10.1. The van der Waals surface area contributed by atoms with Gasteiger partial charge in [0, 0.05) is 12.6 Å². The molecule has 2 amide bonds. The van der Waals surface area contributed by atoms with Crippen molar-refractivity contribution in [1.29, 1.82) is 0 Å². The number of hydrogen-bond acceptors (Lipinski definition) is 4. The Morgan fingerprint density at radius 2 is 1.97 bits per heavy atom. The molecule has 0 spiro atoms. The lowest BCUT2D eigenvalue weighted by Crippen LogP contribution is -2.49. The number of halogens is 1. The topological polar surface area (TPSA) is 57.7 Å². The molecule has 2 aromatic rings. The number of carbonyl (C=O) groups excluding carboxylic acids is 1. The molecular formula is C22H29FN4O2. The smallest absolute Gasteiger partial charge is 0.318 e. The molecule has 1 aliphatic rings. The largest absolute Gasteiger partial charge is 0.494 e. The number of ether oxygens (including phenoxy) is 1. The molecule has 156 valence electrons. The number of amides is 2. The van der Waals surface area contributed by atoms with Crippen molar-refractivity contribution in [3.63, 3.8) is 0 Å². The van der Waals surface area contributed by atoms with E-state index in [0.717, 1.165) is 37.2 Å². The van der Waals surface area contributed by atoms with Gasteiger partial charge in [-0.1, -0.05) is 12.1 Å². The zero-order valence-corrected chi connectivity index (χ0v) is 17.1. The Kier molecular flexibility index (Phi) is 7.41. The average molecular weight is 400 g/mol. The summed E-state index contributed by atoms with van der Waals surface area (Å²) < 4.78 is 18.7. The highest BCUT2D eigenvalue weighted by molar-refractivity contribution is 5.74. The zero-order valence-electron chi connectivity index (χ0n) is 17.1. The van der Waals surface area contributed by atoms with E-state index in [4.69, 9.17) is 4.74 Å². The first-order valence-corrected chi connectivity index (χ1v) is 10.1. The van der Waals surface area contributed by atoms with Crippen LogP contribution >= 0.6 is 0 Å². The van der Waals surface area contributed by atoms with Gasteiger partial charge in [-0.3, -0.25) is 4.98 Å². The van der Waals surface area contributed by atoms with Crippen molar-refractivity contribution >= 4 is 6.03 Å². The number of hydrogen-bond donors (Lipinski definition) is 1. The molecule has 7 heteroatoms. The highest BCUT2D eigenvalue weighted by Crippen LogP contribution is 2.19. The van der Waals surface area contributed by atoms with Crippen molar-refractivity contribution in [1.82, 2.24) is 20.1 Å². The molecule has 1 aliphatic heterocycles. The lowest BCUT2D eigenvalue weighted by atomic mass is 10.0. The Morgan fingerprint density at radius 1 is 1.24 bits per heavy atom. The van der Waals surface area contributed by atoms with E-state index in [9.17, 15) is 9.18 Å². The van der Waals surface area contributed by atoms with E-state index in [2.05, 4.69) is 22.2 Å². The standard InChI is InChI=1S/C22H29FN4O2/c1-3-29-21-8-4-17(5-9-21)14-25-22(28)27(20-10-12-26(2)13-11-20)16-19-7-6-18(23)15-24-19/h4-9,15,20H,3,10-14,16H2,1-2H3,(H,25,28). The van der Waals surface area contributed by atoms with Gasteiger partial charge < -0.3 is 19.9 Å².